The molecule has 2 rings (SSSR count). The number of carbonyl (C=O) groups is 2. The molecule has 0 bridgehead atoms. The molecule has 104 valence electrons. The van der Waals surface area contributed by atoms with Gasteiger partial charge in [-0.1, -0.05) is 17.7 Å². The van der Waals surface area contributed by atoms with Gasteiger partial charge >= 0.3 is 5.97 Å². The van der Waals surface area contributed by atoms with Crippen molar-refractivity contribution < 1.29 is 19.1 Å². The number of rotatable bonds is 5. The largest absolute Gasteiger partial charge is 0.490 e. The van der Waals surface area contributed by atoms with Crippen LogP contribution in [0.4, 0.5) is 0 Å². The Bertz CT molecular complexity index is 622. The molecule has 0 aliphatic heterocycles. The molecule has 0 radical (unpaired) electrons. The van der Waals surface area contributed by atoms with Crippen molar-refractivity contribution in [3.8, 4) is 11.5 Å². The van der Waals surface area contributed by atoms with Gasteiger partial charge in [0.15, 0.2) is 11.5 Å². The number of hydrogen-bond acceptors (Lipinski definition) is 5. The van der Waals surface area contributed by atoms with Crippen molar-refractivity contribution in [3.05, 3.63) is 45.1 Å². The second-order valence-electron chi connectivity index (χ2n) is 3.75. The highest BCUT2D eigenvalue weighted by Crippen LogP contribution is 2.37. The van der Waals surface area contributed by atoms with Crippen LogP contribution in [0, 0.1) is 0 Å². The molecule has 1 aromatic heterocycles. The van der Waals surface area contributed by atoms with E-state index in [1.54, 1.807) is 24.4 Å². The summed E-state index contributed by atoms with van der Waals surface area (Å²) in [6.45, 7) is 2.15. The quantitative estimate of drug-likeness (QED) is 0.478. The van der Waals surface area contributed by atoms with Gasteiger partial charge in [-0.25, -0.2) is 4.79 Å². The molecule has 0 aliphatic rings. The SMILES string of the molecule is CCOc1cc(C=O)cc(Cl)c1OC(=O)c1cccs1. The lowest BCUT2D eigenvalue weighted by Crippen LogP contribution is -2.08. The second kappa shape index (κ2) is 6.54. The van der Waals surface area contributed by atoms with Crippen LogP contribution < -0.4 is 9.47 Å². The van der Waals surface area contributed by atoms with Gasteiger partial charge in [-0.3, -0.25) is 4.79 Å². The van der Waals surface area contributed by atoms with Gasteiger partial charge in [0.2, 0.25) is 0 Å². The summed E-state index contributed by atoms with van der Waals surface area (Å²) in [5, 5.41) is 1.93. The summed E-state index contributed by atoms with van der Waals surface area (Å²) in [5.74, 6) is -0.119. The highest BCUT2D eigenvalue weighted by Gasteiger charge is 2.18. The molecule has 20 heavy (non-hydrogen) atoms. The molecule has 0 saturated carbocycles. The Morgan fingerprint density at radius 2 is 2.25 bits per heavy atom. The minimum atomic E-state index is -0.512. The van der Waals surface area contributed by atoms with Gasteiger partial charge in [-0.05, 0) is 30.5 Å². The molecule has 0 unspecified atom stereocenters. The summed E-state index contributed by atoms with van der Waals surface area (Å²) in [4.78, 5) is 23.2. The zero-order chi connectivity index (χ0) is 14.5. The minimum absolute atomic E-state index is 0.123. The van der Waals surface area contributed by atoms with Crippen LogP contribution in [0.1, 0.15) is 27.0 Å². The summed E-state index contributed by atoms with van der Waals surface area (Å²) in [5.41, 5.74) is 0.356. The number of halogens is 1. The van der Waals surface area contributed by atoms with E-state index >= 15 is 0 Å². The van der Waals surface area contributed by atoms with Crippen molar-refractivity contribution in [2.45, 2.75) is 6.92 Å². The molecular weight excluding hydrogens is 300 g/mol. The Morgan fingerprint density at radius 1 is 1.45 bits per heavy atom. The molecule has 0 aliphatic carbocycles. The third-order valence-electron chi connectivity index (χ3n) is 2.38. The van der Waals surface area contributed by atoms with Crippen LogP contribution >= 0.6 is 22.9 Å². The van der Waals surface area contributed by atoms with Crippen LogP contribution in [-0.4, -0.2) is 18.9 Å². The van der Waals surface area contributed by atoms with Gasteiger partial charge in [-0.15, -0.1) is 11.3 Å². The third kappa shape index (κ3) is 3.18. The molecule has 0 saturated heterocycles. The summed E-state index contributed by atoms with van der Waals surface area (Å²) in [6, 6.07) is 6.32. The lowest BCUT2D eigenvalue weighted by Gasteiger charge is -2.12. The predicted octanol–water partition coefficient (Wildman–Crippen LogP) is 3.83. The van der Waals surface area contributed by atoms with Gasteiger partial charge in [-0.2, -0.15) is 0 Å². The van der Waals surface area contributed by atoms with Crippen LogP contribution in [-0.2, 0) is 0 Å². The highest BCUT2D eigenvalue weighted by molar-refractivity contribution is 7.12. The molecule has 0 amide bonds. The topological polar surface area (TPSA) is 52.6 Å². The van der Waals surface area contributed by atoms with Crippen molar-refractivity contribution in [1.82, 2.24) is 0 Å². The third-order valence-corrected chi connectivity index (χ3v) is 3.52. The number of ether oxygens (including phenoxy) is 2. The maximum atomic E-state index is 11.9. The first-order chi connectivity index (χ1) is 9.65. The van der Waals surface area contributed by atoms with Gasteiger partial charge < -0.3 is 9.47 Å². The highest BCUT2D eigenvalue weighted by atomic mass is 35.5. The Hall–Kier alpha value is -1.85. The Kier molecular flexibility index (Phi) is 4.76. The number of aldehydes is 1. The predicted molar refractivity (Wildman–Crippen MR) is 77.3 cm³/mol. The van der Waals surface area contributed by atoms with Gasteiger partial charge in [0.25, 0.3) is 0 Å². The standard InChI is InChI=1S/C14H11ClO4S/c1-2-18-11-7-9(8-16)6-10(15)13(11)19-14(17)12-4-3-5-20-12/h3-8H,2H2,1H3. The molecule has 0 atom stereocenters. The van der Waals surface area contributed by atoms with Crippen molar-refractivity contribution in [3.63, 3.8) is 0 Å². The average molecular weight is 311 g/mol. The monoisotopic (exact) mass is 310 g/mol. The average Bonchev–Trinajstić information content (AvgIpc) is 2.96. The van der Waals surface area contributed by atoms with Crippen molar-refractivity contribution in [2.24, 2.45) is 0 Å². The number of esters is 1. The molecule has 6 heteroatoms. The number of carbonyl (C=O) groups excluding carboxylic acids is 2. The van der Waals surface area contributed by atoms with E-state index in [-0.39, 0.29) is 16.5 Å². The van der Waals surface area contributed by atoms with Crippen LogP contribution in [0.15, 0.2) is 29.6 Å². The maximum Gasteiger partial charge on any atom is 0.353 e. The molecule has 2 aromatic rings. The van der Waals surface area contributed by atoms with Gasteiger partial charge in [0, 0.05) is 5.56 Å². The number of hydrogen-bond donors (Lipinski definition) is 0. The van der Waals surface area contributed by atoms with Crippen LogP contribution in [0.5, 0.6) is 11.5 Å². The Labute approximate surface area is 124 Å². The molecule has 0 N–H and O–H groups in total. The summed E-state index contributed by atoms with van der Waals surface area (Å²) < 4.78 is 10.6. The molecule has 4 nitrogen and oxygen atoms in total. The maximum absolute atomic E-state index is 11.9. The van der Waals surface area contributed by atoms with E-state index < -0.39 is 5.97 Å². The van der Waals surface area contributed by atoms with E-state index in [9.17, 15) is 9.59 Å². The molecule has 1 aromatic carbocycles. The van der Waals surface area contributed by atoms with Crippen LogP contribution in [0.25, 0.3) is 0 Å². The molecular formula is C14H11ClO4S. The summed E-state index contributed by atoms with van der Waals surface area (Å²) >= 11 is 7.31. The molecule has 0 spiro atoms. The minimum Gasteiger partial charge on any atom is -0.490 e. The normalized spacial score (nSPS) is 10.1. The Balaban J connectivity index is 2.34. The van der Waals surface area contributed by atoms with Crippen molar-refractivity contribution >= 4 is 35.2 Å². The lowest BCUT2D eigenvalue weighted by molar-refractivity contribution is 0.0733. The van der Waals surface area contributed by atoms with E-state index in [1.165, 1.54) is 23.5 Å². The van der Waals surface area contributed by atoms with Gasteiger partial charge in [0.05, 0.1) is 11.6 Å². The smallest absolute Gasteiger partial charge is 0.353 e. The summed E-state index contributed by atoms with van der Waals surface area (Å²) in [6.07, 6.45) is 0.652. The molecule has 1 heterocycles. The first kappa shape index (κ1) is 14.6. The molecule has 0 fully saturated rings. The number of thiophene rings is 1. The summed E-state index contributed by atoms with van der Waals surface area (Å²) in [7, 11) is 0. The zero-order valence-electron chi connectivity index (χ0n) is 10.6. The van der Waals surface area contributed by atoms with E-state index in [4.69, 9.17) is 21.1 Å². The van der Waals surface area contributed by atoms with E-state index in [2.05, 4.69) is 0 Å². The van der Waals surface area contributed by atoms with E-state index in [0.29, 0.717) is 23.3 Å². The fourth-order valence-corrected chi connectivity index (χ4v) is 2.41. The fourth-order valence-electron chi connectivity index (χ4n) is 1.56. The lowest BCUT2D eigenvalue weighted by atomic mass is 10.2. The van der Waals surface area contributed by atoms with Crippen molar-refractivity contribution in [2.75, 3.05) is 6.61 Å². The van der Waals surface area contributed by atoms with Crippen LogP contribution in [0.2, 0.25) is 5.02 Å². The van der Waals surface area contributed by atoms with E-state index in [0.717, 1.165) is 0 Å². The fraction of sp³-hybridized carbons (Fsp3) is 0.143. The first-order valence-electron chi connectivity index (χ1n) is 5.83. The number of benzene rings is 1. The Morgan fingerprint density at radius 3 is 2.85 bits per heavy atom. The van der Waals surface area contributed by atoms with Crippen molar-refractivity contribution in [1.29, 1.82) is 0 Å². The first-order valence-corrected chi connectivity index (χ1v) is 7.08. The van der Waals surface area contributed by atoms with Gasteiger partial charge in [0.1, 0.15) is 11.2 Å². The second-order valence-corrected chi connectivity index (χ2v) is 5.10. The zero-order valence-corrected chi connectivity index (χ0v) is 12.2. The van der Waals surface area contributed by atoms with E-state index in [1.807, 2.05) is 0 Å². The van der Waals surface area contributed by atoms with Crippen LogP contribution in [0.3, 0.4) is 0 Å².